The number of rotatable bonds is 4. The number of anilines is 1. The van der Waals surface area contributed by atoms with Gasteiger partial charge in [-0.1, -0.05) is 24.6 Å². The van der Waals surface area contributed by atoms with Crippen molar-refractivity contribution in [2.24, 2.45) is 5.41 Å². The Kier molecular flexibility index (Phi) is 5.92. The Hall–Kier alpha value is -1.55. The Bertz CT molecular complexity index is 628. The van der Waals surface area contributed by atoms with E-state index in [-0.39, 0.29) is 17.9 Å². The van der Waals surface area contributed by atoms with Crippen LogP contribution in [0, 0.1) is 12.3 Å². The maximum atomic E-state index is 13.0. The lowest BCUT2D eigenvalue weighted by Gasteiger charge is -2.39. The van der Waals surface area contributed by atoms with Crippen molar-refractivity contribution in [3.63, 3.8) is 0 Å². The summed E-state index contributed by atoms with van der Waals surface area (Å²) < 4.78 is 0. The number of hydrogen-bond acceptors (Lipinski definition) is 2. The van der Waals surface area contributed by atoms with E-state index in [0.29, 0.717) is 10.7 Å². The van der Waals surface area contributed by atoms with Crippen LogP contribution in [0.3, 0.4) is 0 Å². The number of nitrogens with zero attached hydrogens (tertiary/aromatic N) is 1. The molecule has 0 bridgehead atoms. The molecule has 1 aromatic rings. The van der Waals surface area contributed by atoms with Crippen LogP contribution in [0.15, 0.2) is 18.2 Å². The number of nitrogens with one attached hydrogen (secondary N) is 1. The van der Waals surface area contributed by atoms with Gasteiger partial charge in [0.2, 0.25) is 11.8 Å². The van der Waals surface area contributed by atoms with Crippen molar-refractivity contribution < 1.29 is 9.59 Å². The zero-order chi connectivity index (χ0) is 17.9. The third-order valence-electron chi connectivity index (χ3n) is 4.98. The highest BCUT2D eigenvalue weighted by Crippen LogP contribution is 2.29. The molecule has 24 heavy (non-hydrogen) atoms. The predicted octanol–water partition coefficient (Wildman–Crippen LogP) is 4.40. The van der Waals surface area contributed by atoms with Crippen molar-refractivity contribution in [2.75, 3.05) is 11.9 Å². The van der Waals surface area contributed by atoms with Gasteiger partial charge in [0.15, 0.2) is 0 Å². The fourth-order valence-corrected chi connectivity index (χ4v) is 3.34. The third kappa shape index (κ3) is 3.75. The van der Waals surface area contributed by atoms with Gasteiger partial charge in [-0.05, 0) is 64.2 Å². The molecule has 1 N–H and O–H groups in total. The summed E-state index contributed by atoms with van der Waals surface area (Å²) in [6.45, 7) is 8.09. The molecule has 0 saturated carbocycles. The van der Waals surface area contributed by atoms with E-state index in [1.165, 1.54) is 0 Å². The second-order valence-electron chi connectivity index (χ2n) is 7.05. The molecular weight excluding hydrogens is 324 g/mol. The smallest absolute Gasteiger partial charge is 0.239 e. The Morgan fingerprint density at radius 2 is 2.04 bits per heavy atom. The van der Waals surface area contributed by atoms with Crippen LogP contribution in [-0.2, 0) is 9.59 Å². The van der Waals surface area contributed by atoms with E-state index in [1.807, 2.05) is 11.8 Å². The molecule has 0 aromatic heterocycles. The molecule has 1 aromatic carbocycles. The molecule has 1 unspecified atom stereocenters. The molecular formula is C19H27ClN2O2. The van der Waals surface area contributed by atoms with Crippen molar-refractivity contribution in [3.05, 3.63) is 28.8 Å². The van der Waals surface area contributed by atoms with Crippen LogP contribution in [0.4, 0.5) is 5.69 Å². The Morgan fingerprint density at radius 1 is 1.33 bits per heavy atom. The zero-order valence-electron chi connectivity index (χ0n) is 15.0. The summed E-state index contributed by atoms with van der Waals surface area (Å²) in [5.41, 5.74) is 0.346. The molecule has 1 atom stereocenters. The van der Waals surface area contributed by atoms with Gasteiger partial charge >= 0.3 is 0 Å². The number of carbonyl (C=O) groups excluding carboxylic acids is 2. The molecule has 1 heterocycles. The summed E-state index contributed by atoms with van der Waals surface area (Å²) in [5.74, 6) is -0.385. The standard InChI is InChI=1S/C19H27ClN2O2/c1-5-14-9-6-7-12-22(14)18(24)19(3,4)17(23)21-16-11-8-10-15(20)13(16)2/h8,10-11,14H,5-7,9,12H2,1-4H3,(H,21,23). The second kappa shape index (κ2) is 7.56. The molecule has 0 radical (unpaired) electrons. The van der Waals surface area contributed by atoms with Crippen LogP contribution < -0.4 is 5.32 Å². The highest BCUT2D eigenvalue weighted by atomic mass is 35.5. The number of hydrogen-bond donors (Lipinski definition) is 1. The van der Waals surface area contributed by atoms with Gasteiger partial charge in [0.05, 0.1) is 0 Å². The van der Waals surface area contributed by atoms with E-state index in [0.717, 1.165) is 37.8 Å². The lowest BCUT2D eigenvalue weighted by Crippen LogP contribution is -2.52. The molecule has 132 valence electrons. The Balaban J connectivity index is 2.17. The molecule has 1 saturated heterocycles. The van der Waals surface area contributed by atoms with Gasteiger partial charge in [0.25, 0.3) is 0 Å². The Morgan fingerprint density at radius 3 is 2.71 bits per heavy atom. The molecule has 2 amide bonds. The molecule has 1 fully saturated rings. The maximum Gasteiger partial charge on any atom is 0.239 e. The predicted molar refractivity (Wildman–Crippen MR) is 98.2 cm³/mol. The van der Waals surface area contributed by atoms with E-state index in [2.05, 4.69) is 12.2 Å². The van der Waals surface area contributed by atoms with Crippen LogP contribution >= 0.6 is 11.6 Å². The van der Waals surface area contributed by atoms with Gasteiger partial charge in [0, 0.05) is 23.3 Å². The first-order chi connectivity index (χ1) is 11.3. The van der Waals surface area contributed by atoms with Crippen molar-refractivity contribution in [1.29, 1.82) is 0 Å². The minimum Gasteiger partial charge on any atom is -0.339 e. The highest BCUT2D eigenvalue weighted by molar-refractivity contribution is 6.31. The van der Waals surface area contributed by atoms with E-state index >= 15 is 0 Å². The largest absolute Gasteiger partial charge is 0.339 e. The summed E-state index contributed by atoms with van der Waals surface area (Å²) in [6.07, 6.45) is 4.11. The maximum absolute atomic E-state index is 13.0. The van der Waals surface area contributed by atoms with E-state index < -0.39 is 5.41 Å². The Labute approximate surface area is 149 Å². The number of benzene rings is 1. The zero-order valence-corrected chi connectivity index (χ0v) is 15.7. The normalized spacial score (nSPS) is 18.4. The number of halogens is 1. The van der Waals surface area contributed by atoms with Gasteiger partial charge < -0.3 is 10.2 Å². The van der Waals surface area contributed by atoms with Crippen LogP contribution in [0.25, 0.3) is 0 Å². The van der Waals surface area contributed by atoms with Gasteiger partial charge in [0.1, 0.15) is 5.41 Å². The van der Waals surface area contributed by atoms with Gasteiger partial charge in [-0.25, -0.2) is 0 Å². The minimum atomic E-state index is -1.11. The van der Waals surface area contributed by atoms with E-state index in [1.54, 1.807) is 32.0 Å². The summed E-state index contributed by atoms with van der Waals surface area (Å²) >= 11 is 6.11. The number of amides is 2. The topological polar surface area (TPSA) is 49.4 Å². The molecule has 0 aliphatic carbocycles. The van der Waals surface area contributed by atoms with Gasteiger partial charge in [-0.2, -0.15) is 0 Å². The van der Waals surface area contributed by atoms with Crippen LogP contribution in [0.5, 0.6) is 0 Å². The third-order valence-corrected chi connectivity index (χ3v) is 5.39. The monoisotopic (exact) mass is 350 g/mol. The fourth-order valence-electron chi connectivity index (χ4n) is 3.17. The summed E-state index contributed by atoms with van der Waals surface area (Å²) in [7, 11) is 0. The molecule has 0 spiro atoms. The summed E-state index contributed by atoms with van der Waals surface area (Å²) in [6, 6.07) is 5.61. The van der Waals surface area contributed by atoms with E-state index in [4.69, 9.17) is 11.6 Å². The average molecular weight is 351 g/mol. The van der Waals surface area contributed by atoms with Crippen LogP contribution in [-0.4, -0.2) is 29.3 Å². The van der Waals surface area contributed by atoms with Crippen molar-refractivity contribution in [2.45, 2.75) is 59.4 Å². The molecule has 5 heteroatoms. The molecule has 1 aliphatic rings. The second-order valence-corrected chi connectivity index (χ2v) is 7.46. The molecule has 1 aliphatic heterocycles. The molecule has 2 rings (SSSR count). The average Bonchev–Trinajstić information content (AvgIpc) is 2.58. The van der Waals surface area contributed by atoms with Crippen molar-refractivity contribution in [3.8, 4) is 0 Å². The van der Waals surface area contributed by atoms with Crippen LogP contribution in [0.1, 0.15) is 52.0 Å². The van der Waals surface area contributed by atoms with Gasteiger partial charge in [-0.3, -0.25) is 9.59 Å². The minimum absolute atomic E-state index is 0.0915. The highest BCUT2D eigenvalue weighted by Gasteiger charge is 2.41. The van der Waals surface area contributed by atoms with Gasteiger partial charge in [-0.15, -0.1) is 0 Å². The number of likely N-dealkylation sites (tertiary alicyclic amines) is 1. The fraction of sp³-hybridized carbons (Fsp3) is 0.579. The van der Waals surface area contributed by atoms with Crippen LogP contribution in [0.2, 0.25) is 5.02 Å². The summed E-state index contributed by atoms with van der Waals surface area (Å²) in [5, 5.41) is 3.47. The first-order valence-corrected chi connectivity index (χ1v) is 9.04. The van der Waals surface area contributed by atoms with E-state index in [9.17, 15) is 9.59 Å². The molecule has 4 nitrogen and oxygen atoms in total. The number of piperidine rings is 1. The first-order valence-electron chi connectivity index (χ1n) is 8.66. The first kappa shape index (κ1) is 18.8. The van der Waals surface area contributed by atoms with Crippen molar-refractivity contribution >= 4 is 29.1 Å². The summed E-state index contributed by atoms with van der Waals surface area (Å²) in [4.78, 5) is 27.7. The lowest BCUT2D eigenvalue weighted by atomic mass is 9.87. The SMILES string of the molecule is CCC1CCCCN1C(=O)C(C)(C)C(=O)Nc1cccc(Cl)c1C. The quantitative estimate of drug-likeness (QED) is 0.818. The van der Waals surface area contributed by atoms with Crippen molar-refractivity contribution in [1.82, 2.24) is 4.90 Å². The number of carbonyl (C=O) groups is 2. The lowest BCUT2D eigenvalue weighted by molar-refractivity contribution is -0.149.